The van der Waals surface area contributed by atoms with E-state index in [0.717, 1.165) is 11.1 Å². The average molecular weight is 590 g/mol. The van der Waals surface area contributed by atoms with Crippen molar-refractivity contribution in [2.75, 3.05) is 12.4 Å². The largest absolute Gasteiger partial charge is 0.508 e. The van der Waals surface area contributed by atoms with Crippen LogP contribution < -0.4 is 15.4 Å². The van der Waals surface area contributed by atoms with E-state index in [0.29, 0.717) is 22.6 Å². The number of methoxy groups -OCH3 is 1. The molecular formula is C34H43N3O6. The first kappa shape index (κ1) is 33.0. The Morgan fingerprint density at radius 1 is 0.930 bits per heavy atom. The number of nitrogens with one attached hydrogen (secondary N) is 2. The zero-order chi connectivity index (χ0) is 31.9. The molecule has 3 aromatic carbocycles. The summed E-state index contributed by atoms with van der Waals surface area (Å²) in [7, 11) is 1.57. The highest BCUT2D eigenvalue weighted by atomic mass is 16.6. The van der Waals surface area contributed by atoms with Crippen molar-refractivity contribution in [2.24, 2.45) is 0 Å². The van der Waals surface area contributed by atoms with Crippen LogP contribution in [-0.4, -0.2) is 52.7 Å². The molecule has 3 amide bonds. The van der Waals surface area contributed by atoms with E-state index in [1.165, 1.54) is 17.0 Å². The number of nitrogens with zero attached hydrogens (tertiary/aromatic N) is 1. The van der Waals surface area contributed by atoms with Crippen LogP contribution in [0.15, 0.2) is 66.7 Å². The second-order valence-corrected chi connectivity index (χ2v) is 11.8. The Hall–Kier alpha value is -4.53. The van der Waals surface area contributed by atoms with Gasteiger partial charge in [0.25, 0.3) is 5.91 Å². The van der Waals surface area contributed by atoms with Crippen molar-refractivity contribution in [3.8, 4) is 11.5 Å². The van der Waals surface area contributed by atoms with Gasteiger partial charge in [0, 0.05) is 18.2 Å². The van der Waals surface area contributed by atoms with Crippen molar-refractivity contribution in [3.63, 3.8) is 0 Å². The van der Waals surface area contributed by atoms with Crippen LogP contribution in [0.2, 0.25) is 0 Å². The Morgan fingerprint density at radius 2 is 1.56 bits per heavy atom. The summed E-state index contributed by atoms with van der Waals surface area (Å²) in [4.78, 5) is 43.1. The Morgan fingerprint density at radius 3 is 2.12 bits per heavy atom. The van der Waals surface area contributed by atoms with Crippen LogP contribution in [0.3, 0.4) is 0 Å². The first-order valence-electron chi connectivity index (χ1n) is 14.3. The number of rotatable bonds is 10. The minimum atomic E-state index is -1.07. The van der Waals surface area contributed by atoms with Crippen LogP contribution in [0.5, 0.6) is 11.5 Å². The van der Waals surface area contributed by atoms with Crippen LogP contribution in [0.1, 0.15) is 62.9 Å². The molecule has 9 heteroatoms. The standard InChI is InChI=1S/C34H43N3O6/c1-21(2)37(32(40)29(36-33(41)43-34(5,6)7)20-24-12-16-26(38)17-13-24)30(28-11-9-10-22(3)23(28)4)31(39)35-25-14-18-27(42-8)19-15-25/h9-19,21,29-30,38H,20H2,1-8H3,(H,35,39)(H,36,41). The maximum atomic E-state index is 14.5. The number of anilines is 1. The number of ether oxygens (including phenoxy) is 2. The number of benzene rings is 3. The summed E-state index contributed by atoms with van der Waals surface area (Å²) in [5, 5.41) is 15.5. The van der Waals surface area contributed by atoms with Crippen molar-refractivity contribution in [2.45, 2.75) is 78.6 Å². The SMILES string of the molecule is COc1ccc(NC(=O)C(c2cccc(C)c2C)N(C(=O)C(Cc2ccc(O)cc2)NC(=O)OC(C)(C)C)C(C)C)cc1. The summed E-state index contributed by atoms with van der Waals surface area (Å²) in [6.45, 7) is 12.8. The Kier molecular flexibility index (Phi) is 10.8. The highest BCUT2D eigenvalue weighted by Gasteiger charge is 2.38. The molecule has 3 rings (SSSR count). The molecule has 43 heavy (non-hydrogen) atoms. The number of phenolic OH excluding ortho intramolecular Hbond substituents is 1. The second kappa shape index (κ2) is 14.1. The first-order valence-corrected chi connectivity index (χ1v) is 14.3. The fourth-order valence-corrected chi connectivity index (χ4v) is 4.75. The minimum Gasteiger partial charge on any atom is -0.508 e. The van der Waals surface area contributed by atoms with Gasteiger partial charge in [-0.1, -0.05) is 30.3 Å². The van der Waals surface area contributed by atoms with E-state index in [2.05, 4.69) is 10.6 Å². The average Bonchev–Trinajstić information content (AvgIpc) is 2.93. The zero-order valence-electron chi connectivity index (χ0n) is 26.2. The summed E-state index contributed by atoms with van der Waals surface area (Å²) < 4.78 is 10.7. The van der Waals surface area contributed by atoms with Gasteiger partial charge in [0.15, 0.2) is 0 Å². The summed E-state index contributed by atoms with van der Waals surface area (Å²) >= 11 is 0. The topological polar surface area (TPSA) is 117 Å². The second-order valence-electron chi connectivity index (χ2n) is 11.8. The molecule has 0 spiro atoms. The number of aryl methyl sites for hydroxylation is 1. The smallest absolute Gasteiger partial charge is 0.408 e. The quantitative estimate of drug-likeness (QED) is 0.264. The molecule has 0 radical (unpaired) electrons. The van der Waals surface area contributed by atoms with Gasteiger partial charge >= 0.3 is 6.09 Å². The predicted molar refractivity (Wildman–Crippen MR) is 167 cm³/mol. The zero-order valence-corrected chi connectivity index (χ0v) is 26.2. The number of amides is 3. The van der Waals surface area contributed by atoms with Gasteiger partial charge in [-0.2, -0.15) is 0 Å². The van der Waals surface area contributed by atoms with Gasteiger partial charge in [0.05, 0.1) is 7.11 Å². The number of hydrogen-bond donors (Lipinski definition) is 3. The van der Waals surface area contributed by atoms with Crippen molar-refractivity contribution < 1.29 is 29.0 Å². The van der Waals surface area contributed by atoms with Gasteiger partial charge in [-0.15, -0.1) is 0 Å². The van der Waals surface area contributed by atoms with Gasteiger partial charge in [0.1, 0.15) is 29.2 Å². The fourth-order valence-electron chi connectivity index (χ4n) is 4.75. The molecule has 0 aliphatic carbocycles. The van der Waals surface area contributed by atoms with Crippen LogP contribution in [0.25, 0.3) is 0 Å². The Labute approximate surface area is 254 Å². The van der Waals surface area contributed by atoms with Crippen LogP contribution in [0, 0.1) is 13.8 Å². The third kappa shape index (κ3) is 8.98. The summed E-state index contributed by atoms with van der Waals surface area (Å²) in [5.74, 6) is -0.125. The van der Waals surface area contributed by atoms with Crippen LogP contribution in [-0.2, 0) is 20.7 Å². The highest BCUT2D eigenvalue weighted by Crippen LogP contribution is 2.31. The van der Waals surface area contributed by atoms with Crippen molar-refractivity contribution in [3.05, 3.63) is 89.0 Å². The molecule has 2 atom stereocenters. The maximum Gasteiger partial charge on any atom is 0.408 e. The third-order valence-electron chi connectivity index (χ3n) is 7.00. The van der Waals surface area contributed by atoms with E-state index in [1.54, 1.807) is 64.3 Å². The Balaban J connectivity index is 2.08. The number of alkyl carbamates (subject to hydrolysis) is 1. The van der Waals surface area contributed by atoms with Gasteiger partial charge < -0.3 is 30.1 Å². The lowest BCUT2D eigenvalue weighted by molar-refractivity contribution is -0.142. The van der Waals surface area contributed by atoms with E-state index in [1.807, 2.05) is 45.9 Å². The molecule has 9 nitrogen and oxygen atoms in total. The lowest BCUT2D eigenvalue weighted by Crippen LogP contribution is -2.55. The van der Waals surface area contributed by atoms with E-state index in [4.69, 9.17) is 9.47 Å². The van der Waals surface area contributed by atoms with E-state index in [9.17, 15) is 19.5 Å². The molecule has 0 aromatic heterocycles. The van der Waals surface area contributed by atoms with E-state index < -0.39 is 41.6 Å². The number of phenols is 1. The first-order chi connectivity index (χ1) is 20.2. The molecular weight excluding hydrogens is 546 g/mol. The van der Waals surface area contributed by atoms with Crippen molar-refractivity contribution >= 4 is 23.6 Å². The fraction of sp³-hybridized carbons (Fsp3) is 0.382. The number of carbonyl (C=O) groups is 3. The van der Waals surface area contributed by atoms with Crippen LogP contribution in [0.4, 0.5) is 10.5 Å². The summed E-state index contributed by atoms with van der Waals surface area (Å²) in [5.41, 5.74) is 3.00. The molecule has 0 saturated carbocycles. The molecule has 3 aromatic rings. The van der Waals surface area contributed by atoms with Crippen molar-refractivity contribution in [1.82, 2.24) is 10.2 Å². The third-order valence-corrected chi connectivity index (χ3v) is 7.00. The lowest BCUT2D eigenvalue weighted by atomic mass is 9.93. The molecule has 0 aliphatic rings. The molecule has 3 N–H and O–H groups in total. The number of carbonyl (C=O) groups excluding carboxylic acids is 3. The summed E-state index contributed by atoms with van der Waals surface area (Å²) in [6.07, 6.45) is -0.638. The van der Waals surface area contributed by atoms with Crippen molar-refractivity contribution in [1.29, 1.82) is 0 Å². The maximum absolute atomic E-state index is 14.5. The highest BCUT2D eigenvalue weighted by molar-refractivity contribution is 5.99. The minimum absolute atomic E-state index is 0.0840. The molecule has 0 saturated heterocycles. The lowest BCUT2D eigenvalue weighted by Gasteiger charge is -2.38. The monoisotopic (exact) mass is 589 g/mol. The Bertz CT molecular complexity index is 1410. The van der Waals surface area contributed by atoms with Gasteiger partial charge in [0.2, 0.25) is 5.91 Å². The summed E-state index contributed by atoms with van der Waals surface area (Å²) in [6, 6.07) is 16.5. The van der Waals surface area contributed by atoms with Gasteiger partial charge in [-0.05, 0) is 107 Å². The normalized spacial score (nSPS) is 12.7. The van der Waals surface area contributed by atoms with E-state index >= 15 is 0 Å². The number of hydrogen-bond acceptors (Lipinski definition) is 6. The molecule has 2 unspecified atom stereocenters. The molecule has 0 fully saturated rings. The molecule has 230 valence electrons. The van der Waals surface area contributed by atoms with Crippen LogP contribution >= 0.6 is 0 Å². The molecule has 0 bridgehead atoms. The van der Waals surface area contributed by atoms with Gasteiger partial charge in [-0.25, -0.2) is 4.79 Å². The molecule has 0 aliphatic heterocycles. The van der Waals surface area contributed by atoms with E-state index in [-0.39, 0.29) is 12.2 Å². The predicted octanol–water partition coefficient (Wildman–Crippen LogP) is 6.07. The van der Waals surface area contributed by atoms with Gasteiger partial charge in [-0.3, -0.25) is 9.59 Å². The number of aromatic hydroxyl groups is 1. The molecule has 0 heterocycles.